The molecule has 172 valence electrons. The Morgan fingerprint density at radius 2 is 2.00 bits per heavy atom. The van der Waals surface area contributed by atoms with Crippen molar-refractivity contribution < 1.29 is 19.1 Å². The molecule has 32 heavy (non-hydrogen) atoms. The lowest BCUT2D eigenvalue weighted by Gasteiger charge is -2.30. The van der Waals surface area contributed by atoms with Gasteiger partial charge >= 0.3 is 0 Å². The molecule has 4 rings (SSSR count). The van der Waals surface area contributed by atoms with Gasteiger partial charge in [-0.15, -0.1) is 0 Å². The molecule has 0 aliphatic carbocycles. The molecule has 0 aromatic carbocycles. The monoisotopic (exact) mass is 441 g/mol. The number of carbonyl (C=O) groups is 2. The molecule has 2 aliphatic heterocycles. The fourth-order valence-electron chi connectivity index (χ4n) is 4.18. The lowest BCUT2D eigenvalue weighted by atomic mass is 9.99. The largest absolute Gasteiger partial charge is 0.381 e. The molecule has 2 aromatic rings. The van der Waals surface area contributed by atoms with Crippen LogP contribution in [-0.4, -0.2) is 81.9 Å². The van der Waals surface area contributed by atoms with E-state index in [9.17, 15) is 9.59 Å². The number of ether oxygens (including phenoxy) is 2. The minimum atomic E-state index is -0.278. The number of hydrogen-bond donors (Lipinski definition) is 0. The Kier molecular flexibility index (Phi) is 7.49. The summed E-state index contributed by atoms with van der Waals surface area (Å²) in [5, 5.41) is 4.21. The van der Waals surface area contributed by atoms with Crippen molar-refractivity contribution >= 4 is 11.8 Å². The van der Waals surface area contributed by atoms with Gasteiger partial charge in [-0.25, -0.2) is 0 Å². The molecule has 2 fully saturated rings. The topological polar surface area (TPSA) is 89.8 Å². The smallest absolute Gasteiger partial charge is 0.257 e. The summed E-state index contributed by atoms with van der Waals surface area (Å²) < 4.78 is 13.4. The van der Waals surface area contributed by atoms with Crippen LogP contribution < -0.4 is 0 Å². The van der Waals surface area contributed by atoms with Gasteiger partial charge in [0.15, 0.2) is 0 Å². The molecular formula is C23H31N5O4. The van der Waals surface area contributed by atoms with Crippen molar-refractivity contribution in [1.29, 1.82) is 0 Å². The quantitative estimate of drug-likeness (QED) is 0.648. The zero-order chi connectivity index (χ0) is 22.3. The van der Waals surface area contributed by atoms with E-state index < -0.39 is 0 Å². The van der Waals surface area contributed by atoms with Crippen LogP contribution in [0.4, 0.5) is 0 Å². The molecule has 0 bridgehead atoms. The number of hydrogen-bond acceptors (Lipinski definition) is 6. The van der Waals surface area contributed by atoms with E-state index in [1.165, 1.54) is 0 Å². The second-order valence-electron chi connectivity index (χ2n) is 8.41. The fraction of sp³-hybridized carbons (Fsp3) is 0.565. The Morgan fingerprint density at radius 1 is 1.22 bits per heavy atom. The Hall–Kier alpha value is -2.78. The number of aromatic nitrogens is 3. The minimum absolute atomic E-state index is 0.0391. The number of amides is 2. The Balaban J connectivity index is 1.48. The van der Waals surface area contributed by atoms with Crippen molar-refractivity contribution in [2.75, 3.05) is 39.4 Å². The molecule has 1 unspecified atom stereocenters. The maximum Gasteiger partial charge on any atom is 0.257 e. The summed E-state index contributed by atoms with van der Waals surface area (Å²) >= 11 is 0. The highest BCUT2D eigenvalue weighted by atomic mass is 16.5. The summed E-state index contributed by atoms with van der Waals surface area (Å²) in [4.78, 5) is 33.8. The summed E-state index contributed by atoms with van der Waals surface area (Å²) in [6, 6.07) is 3.81. The van der Waals surface area contributed by atoms with E-state index >= 15 is 0 Å². The molecule has 0 saturated carbocycles. The van der Waals surface area contributed by atoms with Gasteiger partial charge in [0.05, 0.1) is 24.5 Å². The zero-order valence-electron chi connectivity index (χ0n) is 18.6. The van der Waals surface area contributed by atoms with E-state index in [0.717, 1.165) is 31.6 Å². The van der Waals surface area contributed by atoms with Crippen molar-refractivity contribution in [3.05, 3.63) is 48.0 Å². The first kappa shape index (κ1) is 22.4. The molecule has 2 aromatic heterocycles. The van der Waals surface area contributed by atoms with Crippen LogP contribution in [0.15, 0.2) is 36.9 Å². The number of carbonyl (C=O) groups excluding carboxylic acids is 2. The van der Waals surface area contributed by atoms with E-state index in [0.29, 0.717) is 44.3 Å². The lowest BCUT2D eigenvalue weighted by Crippen LogP contribution is -2.42. The summed E-state index contributed by atoms with van der Waals surface area (Å²) in [7, 11) is 0. The molecule has 0 radical (unpaired) electrons. The Bertz CT molecular complexity index is 897. The second-order valence-corrected chi connectivity index (χ2v) is 8.41. The van der Waals surface area contributed by atoms with E-state index in [1.54, 1.807) is 34.4 Å². The van der Waals surface area contributed by atoms with Crippen LogP contribution in [0.2, 0.25) is 0 Å². The van der Waals surface area contributed by atoms with E-state index in [-0.39, 0.29) is 24.5 Å². The Labute approximate surface area is 188 Å². The molecule has 4 heterocycles. The average molecular weight is 442 g/mol. The van der Waals surface area contributed by atoms with Crippen LogP contribution in [0, 0.1) is 5.92 Å². The first-order chi connectivity index (χ1) is 15.6. The summed E-state index contributed by atoms with van der Waals surface area (Å²) in [6.45, 7) is 6.08. The summed E-state index contributed by atoms with van der Waals surface area (Å²) in [6.07, 6.45) is 8.37. The number of pyridine rings is 1. The van der Waals surface area contributed by atoms with Gasteiger partial charge in [0.2, 0.25) is 5.91 Å². The molecule has 2 saturated heterocycles. The van der Waals surface area contributed by atoms with Gasteiger partial charge in [-0.2, -0.15) is 5.10 Å². The van der Waals surface area contributed by atoms with Gasteiger partial charge in [-0.05, 0) is 43.4 Å². The highest BCUT2D eigenvalue weighted by Gasteiger charge is 2.33. The highest BCUT2D eigenvalue weighted by Crippen LogP contribution is 2.20. The van der Waals surface area contributed by atoms with Crippen LogP contribution in [0.5, 0.6) is 0 Å². The SMILES string of the molecule is CCn1cc(C(=O)N2CC(=O)N(CC3CCOCC3)CC(OCc3ccncc3)C2)cn1. The van der Waals surface area contributed by atoms with Gasteiger partial charge in [-0.1, -0.05) is 0 Å². The van der Waals surface area contributed by atoms with Gasteiger partial charge < -0.3 is 19.3 Å². The lowest BCUT2D eigenvalue weighted by molar-refractivity contribution is -0.132. The fourth-order valence-corrected chi connectivity index (χ4v) is 4.18. The maximum absolute atomic E-state index is 13.2. The molecule has 9 heteroatoms. The number of nitrogens with zero attached hydrogens (tertiary/aromatic N) is 5. The molecule has 0 N–H and O–H groups in total. The van der Waals surface area contributed by atoms with E-state index in [1.807, 2.05) is 24.0 Å². The van der Waals surface area contributed by atoms with Crippen molar-refractivity contribution in [2.45, 2.75) is 39.0 Å². The molecule has 2 amide bonds. The highest BCUT2D eigenvalue weighted by molar-refractivity contribution is 5.96. The van der Waals surface area contributed by atoms with Gasteiger partial charge in [0, 0.05) is 58.0 Å². The molecule has 2 aliphatic rings. The van der Waals surface area contributed by atoms with Crippen molar-refractivity contribution in [1.82, 2.24) is 24.6 Å². The predicted molar refractivity (Wildman–Crippen MR) is 117 cm³/mol. The van der Waals surface area contributed by atoms with Crippen molar-refractivity contribution in [3.63, 3.8) is 0 Å². The van der Waals surface area contributed by atoms with E-state index in [4.69, 9.17) is 9.47 Å². The van der Waals surface area contributed by atoms with Crippen LogP contribution in [0.3, 0.4) is 0 Å². The van der Waals surface area contributed by atoms with Crippen LogP contribution in [-0.2, 0) is 27.4 Å². The van der Waals surface area contributed by atoms with Gasteiger partial charge in [-0.3, -0.25) is 19.3 Å². The molecule has 1 atom stereocenters. The normalized spacial score (nSPS) is 20.4. The van der Waals surface area contributed by atoms with Gasteiger partial charge in [0.25, 0.3) is 5.91 Å². The Morgan fingerprint density at radius 3 is 2.72 bits per heavy atom. The average Bonchev–Trinajstić information content (AvgIpc) is 3.25. The van der Waals surface area contributed by atoms with E-state index in [2.05, 4.69) is 10.1 Å². The zero-order valence-corrected chi connectivity index (χ0v) is 18.6. The number of aryl methyl sites for hydroxylation is 1. The first-order valence-electron chi connectivity index (χ1n) is 11.3. The van der Waals surface area contributed by atoms with Crippen molar-refractivity contribution in [2.24, 2.45) is 5.92 Å². The second kappa shape index (κ2) is 10.7. The first-order valence-corrected chi connectivity index (χ1v) is 11.3. The molecular weight excluding hydrogens is 410 g/mol. The molecule has 9 nitrogen and oxygen atoms in total. The predicted octanol–water partition coefficient (Wildman–Crippen LogP) is 1.59. The standard InChI is InChI=1S/C23H31N5O4/c1-2-28-13-20(11-25-28)23(30)27-15-21(32-17-19-3-7-24-8-4-19)14-26(22(29)16-27)12-18-5-9-31-10-6-18/h3-4,7-8,11,13,18,21H,2,5-6,9-10,12,14-17H2,1H3. The summed E-state index contributed by atoms with van der Waals surface area (Å²) in [5.74, 6) is 0.185. The molecule has 0 spiro atoms. The third-order valence-corrected chi connectivity index (χ3v) is 6.07. The number of rotatable bonds is 7. The minimum Gasteiger partial charge on any atom is -0.381 e. The van der Waals surface area contributed by atoms with Crippen LogP contribution in [0.25, 0.3) is 0 Å². The third-order valence-electron chi connectivity index (χ3n) is 6.07. The van der Waals surface area contributed by atoms with Crippen molar-refractivity contribution in [3.8, 4) is 0 Å². The van der Waals surface area contributed by atoms with Crippen LogP contribution >= 0.6 is 0 Å². The third kappa shape index (κ3) is 5.72. The van der Waals surface area contributed by atoms with Crippen LogP contribution in [0.1, 0.15) is 35.7 Å². The maximum atomic E-state index is 13.2. The van der Waals surface area contributed by atoms with Gasteiger partial charge in [0.1, 0.15) is 6.54 Å². The summed E-state index contributed by atoms with van der Waals surface area (Å²) in [5.41, 5.74) is 1.50.